The van der Waals surface area contributed by atoms with Crippen LogP contribution in [0.15, 0.2) is 21.9 Å². The Bertz CT molecular complexity index is 756. The van der Waals surface area contributed by atoms with Gasteiger partial charge >= 0.3 is 12.1 Å². The summed E-state index contributed by atoms with van der Waals surface area (Å²) in [6.07, 6.45) is 7.41. The second-order valence-corrected chi connectivity index (χ2v) is 10.1. The average molecular weight is 475 g/mol. The zero-order valence-electron chi connectivity index (χ0n) is 18.0. The van der Waals surface area contributed by atoms with Crippen LogP contribution >= 0.6 is 23.1 Å². The van der Waals surface area contributed by atoms with Crippen molar-refractivity contribution in [3.8, 4) is 0 Å². The van der Waals surface area contributed by atoms with Gasteiger partial charge in [-0.05, 0) is 33.1 Å². The number of aliphatic hydroxyl groups is 1. The summed E-state index contributed by atoms with van der Waals surface area (Å²) in [5.74, 6) is -0.490. The molecule has 31 heavy (non-hydrogen) atoms. The second-order valence-electron chi connectivity index (χ2n) is 7.91. The number of carbonyl (C=O) groups is 2. The Balaban J connectivity index is 1.82. The molecular weight excluding hydrogens is 443 g/mol. The Hall–Kier alpha value is -1.65. The molecular formula is C21H31FN2O5S2. The van der Waals surface area contributed by atoms with Crippen LogP contribution in [0, 0.1) is 0 Å². The van der Waals surface area contributed by atoms with Crippen LogP contribution in [-0.4, -0.2) is 68.9 Å². The van der Waals surface area contributed by atoms with Gasteiger partial charge in [0.1, 0.15) is 6.10 Å². The lowest BCUT2D eigenvalue weighted by Crippen LogP contribution is -2.36. The molecule has 0 aliphatic carbocycles. The number of carbonyl (C=O) groups excluding carboxylic acids is 1. The summed E-state index contributed by atoms with van der Waals surface area (Å²) < 4.78 is 18.1. The fourth-order valence-corrected chi connectivity index (χ4v) is 5.15. The van der Waals surface area contributed by atoms with E-state index in [4.69, 9.17) is 9.84 Å². The first kappa shape index (κ1) is 25.6. The summed E-state index contributed by atoms with van der Waals surface area (Å²) >= 11 is 2.67. The first-order valence-electron chi connectivity index (χ1n) is 10.5. The van der Waals surface area contributed by atoms with E-state index in [1.807, 2.05) is 19.1 Å². The van der Waals surface area contributed by atoms with E-state index in [1.165, 1.54) is 28.5 Å². The first-order chi connectivity index (χ1) is 14.7. The number of hydrogen-bond donors (Lipinski definition) is 2. The number of carboxylic acids is 1. The highest BCUT2D eigenvalue weighted by molar-refractivity contribution is 8.01. The number of rotatable bonds is 14. The molecule has 2 rings (SSSR count). The zero-order valence-corrected chi connectivity index (χ0v) is 19.6. The van der Waals surface area contributed by atoms with Crippen LogP contribution in [-0.2, 0) is 4.74 Å². The molecule has 1 fully saturated rings. The molecule has 0 bridgehead atoms. The van der Waals surface area contributed by atoms with Crippen molar-refractivity contribution in [2.24, 2.45) is 0 Å². The number of carboxylic acid groups (broad SMARTS) is 1. The quantitative estimate of drug-likeness (QED) is 0.228. The number of aromatic nitrogens is 1. The van der Waals surface area contributed by atoms with Crippen LogP contribution < -0.4 is 0 Å². The van der Waals surface area contributed by atoms with E-state index in [1.54, 1.807) is 11.8 Å². The van der Waals surface area contributed by atoms with Crippen molar-refractivity contribution < 1.29 is 28.9 Å². The van der Waals surface area contributed by atoms with Crippen LogP contribution in [0.2, 0.25) is 0 Å². The molecule has 10 heteroatoms. The van der Waals surface area contributed by atoms with Gasteiger partial charge in [-0.1, -0.05) is 43.2 Å². The Morgan fingerprint density at radius 2 is 2.16 bits per heavy atom. The van der Waals surface area contributed by atoms with Gasteiger partial charge in [-0.2, -0.15) is 0 Å². The van der Waals surface area contributed by atoms with Gasteiger partial charge in [0, 0.05) is 17.7 Å². The molecule has 1 aliphatic heterocycles. The summed E-state index contributed by atoms with van der Waals surface area (Å²) in [5.41, 5.74) is -0.816. The predicted molar refractivity (Wildman–Crippen MR) is 120 cm³/mol. The van der Waals surface area contributed by atoms with E-state index >= 15 is 0 Å². The Kier molecular flexibility index (Phi) is 10.2. The topological polar surface area (TPSA) is 100.0 Å². The van der Waals surface area contributed by atoms with Crippen molar-refractivity contribution in [1.29, 1.82) is 0 Å². The highest BCUT2D eigenvalue weighted by atomic mass is 32.2. The maximum atomic E-state index is 12.2. The van der Waals surface area contributed by atoms with Crippen LogP contribution in [0.5, 0.6) is 0 Å². The van der Waals surface area contributed by atoms with Gasteiger partial charge < -0.3 is 14.9 Å². The van der Waals surface area contributed by atoms with Crippen molar-refractivity contribution in [2.45, 2.75) is 74.5 Å². The fraction of sp³-hybridized carbons (Fsp3) is 0.667. The van der Waals surface area contributed by atoms with Crippen LogP contribution in [0.4, 0.5) is 9.18 Å². The van der Waals surface area contributed by atoms with Gasteiger partial charge in [0.15, 0.2) is 10.0 Å². The third-order valence-electron chi connectivity index (χ3n) is 5.11. The van der Waals surface area contributed by atoms with Crippen LogP contribution in [0.25, 0.3) is 0 Å². The Morgan fingerprint density at radius 1 is 1.42 bits per heavy atom. The summed E-state index contributed by atoms with van der Waals surface area (Å²) in [6.45, 7) is 3.78. The number of thiazole rings is 1. The number of aromatic carboxylic acids is 1. The lowest BCUT2D eigenvalue weighted by molar-refractivity contribution is 0.0509. The number of cyclic esters (lactones) is 1. The number of hydrogen-bond acceptors (Lipinski definition) is 7. The average Bonchev–Trinajstić information content (AvgIpc) is 3.27. The molecule has 0 aromatic carbocycles. The number of ether oxygens (including phenoxy) is 1. The van der Waals surface area contributed by atoms with Gasteiger partial charge in [0.25, 0.3) is 0 Å². The number of halogens is 1. The molecule has 1 amide bonds. The maximum absolute atomic E-state index is 12.2. The number of alkyl halides is 1. The molecule has 1 unspecified atom stereocenters. The third kappa shape index (κ3) is 8.42. The van der Waals surface area contributed by atoms with Crippen molar-refractivity contribution in [3.05, 3.63) is 23.2 Å². The lowest BCUT2D eigenvalue weighted by atomic mass is 9.94. The second kappa shape index (κ2) is 12.4. The molecule has 3 atom stereocenters. The lowest BCUT2D eigenvalue weighted by Gasteiger charge is -2.23. The molecule has 1 aromatic heterocycles. The smallest absolute Gasteiger partial charge is 0.410 e. The van der Waals surface area contributed by atoms with E-state index in [-0.39, 0.29) is 30.6 Å². The monoisotopic (exact) mass is 474 g/mol. The maximum Gasteiger partial charge on any atom is 0.410 e. The number of unbranched alkanes of at least 4 members (excludes halogenated alkanes) is 3. The SMILES string of the molecule is C[C@@H]1OC(=O)N(CCSc2nc(C(=O)O)cs2)[C@H]1C=CCC(C)(O)CCCCCCF. The van der Waals surface area contributed by atoms with E-state index in [0.717, 1.165) is 19.3 Å². The summed E-state index contributed by atoms with van der Waals surface area (Å²) in [4.78, 5) is 28.8. The third-order valence-corrected chi connectivity index (χ3v) is 7.11. The molecule has 1 saturated heterocycles. The molecule has 0 radical (unpaired) electrons. The van der Waals surface area contributed by atoms with Crippen LogP contribution in [0.3, 0.4) is 0 Å². The number of amides is 1. The Morgan fingerprint density at radius 3 is 2.84 bits per heavy atom. The van der Waals surface area contributed by atoms with Crippen molar-refractivity contribution >= 4 is 35.2 Å². The van der Waals surface area contributed by atoms with E-state index < -0.39 is 11.6 Å². The van der Waals surface area contributed by atoms with Gasteiger partial charge in [0.2, 0.25) is 0 Å². The number of thioether (sulfide) groups is 1. The highest BCUT2D eigenvalue weighted by Crippen LogP contribution is 2.26. The number of nitrogens with zero attached hydrogens (tertiary/aromatic N) is 2. The predicted octanol–water partition coefficient (Wildman–Crippen LogP) is 4.76. The molecule has 2 N–H and O–H groups in total. The minimum atomic E-state index is -1.05. The standard InChI is InChI=1S/C21H31FN2O5S2/c1-15-17(8-7-10-21(2,28)9-5-3-4-6-11-22)24(20(27)29-15)12-13-30-19-23-16(14-31-19)18(25)26/h7-8,14-15,17,28H,3-6,9-13H2,1-2H3,(H,25,26)/t15-,17-,21?/m0/s1. The van der Waals surface area contributed by atoms with Crippen LogP contribution in [0.1, 0.15) is 62.9 Å². The highest BCUT2D eigenvalue weighted by Gasteiger charge is 2.37. The molecule has 7 nitrogen and oxygen atoms in total. The summed E-state index contributed by atoms with van der Waals surface area (Å²) in [5, 5.41) is 21.0. The van der Waals surface area contributed by atoms with Gasteiger partial charge in [-0.25, -0.2) is 14.6 Å². The summed E-state index contributed by atoms with van der Waals surface area (Å²) in [6, 6.07) is -0.223. The van der Waals surface area contributed by atoms with Gasteiger partial charge in [0.05, 0.1) is 18.3 Å². The van der Waals surface area contributed by atoms with E-state index in [2.05, 4.69) is 4.98 Å². The molecule has 174 valence electrons. The molecule has 1 aliphatic rings. The zero-order chi connectivity index (χ0) is 22.9. The fourth-order valence-electron chi connectivity index (χ4n) is 3.34. The minimum Gasteiger partial charge on any atom is -0.476 e. The first-order valence-corrected chi connectivity index (χ1v) is 12.3. The van der Waals surface area contributed by atoms with Gasteiger partial charge in [-0.3, -0.25) is 9.29 Å². The molecule has 0 spiro atoms. The Labute approximate surface area is 190 Å². The summed E-state index contributed by atoms with van der Waals surface area (Å²) in [7, 11) is 0. The normalized spacial score (nSPS) is 20.9. The molecule has 1 aromatic rings. The van der Waals surface area contributed by atoms with Crippen molar-refractivity contribution in [3.63, 3.8) is 0 Å². The van der Waals surface area contributed by atoms with E-state index in [9.17, 15) is 19.1 Å². The minimum absolute atomic E-state index is 0.0250. The molecule has 2 heterocycles. The molecule has 0 saturated carbocycles. The van der Waals surface area contributed by atoms with Gasteiger partial charge in [-0.15, -0.1) is 11.3 Å². The van der Waals surface area contributed by atoms with Crippen molar-refractivity contribution in [1.82, 2.24) is 9.88 Å². The largest absolute Gasteiger partial charge is 0.476 e. The van der Waals surface area contributed by atoms with E-state index in [0.29, 0.717) is 35.9 Å². The van der Waals surface area contributed by atoms with Crippen molar-refractivity contribution in [2.75, 3.05) is 19.0 Å².